The Morgan fingerprint density at radius 2 is 1.17 bits per heavy atom. The highest BCUT2D eigenvalue weighted by molar-refractivity contribution is 5.10. The van der Waals surface area contributed by atoms with Crippen molar-refractivity contribution < 1.29 is 61.8 Å². The second-order valence-corrected chi connectivity index (χ2v) is 4.39. The normalized spacial score (nSPS) is 29.5. The lowest BCUT2D eigenvalue weighted by molar-refractivity contribution is -0.574. The molecule has 0 bridgehead atoms. The number of nitrogens with zero attached hydrogens (tertiary/aromatic N) is 1. The summed E-state index contributed by atoms with van der Waals surface area (Å²) in [7, 11) is 0. The number of hydrogen-bond acceptors (Lipinski definition) is 2. The third kappa shape index (κ3) is 2.51. The maximum atomic E-state index is 13.6. The van der Waals surface area contributed by atoms with E-state index in [0.29, 0.717) is 0 Å². The number of halogens is 13. The standard InChI is InChI=1S/C9H4F13NO/c1-2-4(11,5(12,13)14)3(10)23-6(15,16)8(19,20)24-9(21,22)7(23,17)18/h2-3H,1H2. The molecule has 2 unspecified atom stereocenters. The van der Waals surface area contributed by atoms with E-state index in [1.807, 2.05) is 11.3 Å². The lowest BCUT2D eigenvalue weighted by atomic mass is 10.0. The summed E-state index contributed by atoms with van der Waals surface area (Å²) in [6, 6.07) is -13.6. The third-order valence-electron chi connectivity index (χ3n) is 2.87. The van der Waals surface area contributed by atoms with Gasteiger partial charge in [0.25, 0.3) is 5.67 Å². The van der Waals surface area contributed by atoms with Gasteiger partial charge < -0.3 is 0 Å². The van der Waals surface area contributed by atoms with Crippen molar-refractivity contribution in [2.75, 3.05) is 0 Å². The molecule has 1 fully saturated rings. The Morgan fingerprint density at radius 3 is 1.42 bits per heavy atom. The summed E-state index contributed by atoms with van der Waals surface area (Å²) in [6.07, 6.45) is -26.3. The highest BCUT2D eigenvalue weighted by Gasteiger charge is 2.86. The number of ether oxygens (including phenoxy) is 1. The van der Waals surface area contributed by atoms with E-state index in [2.05, 4.69) is 0 Å². The van der Waals surface area contributed by atoms with Crippen LogP contribution in [0, 0.1) is 0 Å². The van der Waals surface area contributed by atoms with E-state index in [9.17, 15) is 57.1 Å². The fourth-order valence-corrected chi connectivity index (χ4v) is 1.56. The molecule has 0 amide bonds. The van der Waals surface area contributed by atoms with Gasteiger partial charge in [-0.25, -0.2) is 13.5 Å². The van der Waals surface area contributed by atoms with Gasteiger partial charge in [-0.3, -0.25) is 0 Å². The minimum absolute atomic E-state index is 1.16. The molecule has 0 aromatic heterocycles. The fraction of sp³-hybridized carbons (Fsp3) is 0.778. The van der Waals surface area contributed by atoms with Crippen molar-refractivity contribution in [3.05, 3.63) is 12.7 Å². The second-order valence-electron chi connectivity index (χ2n) is 4.39. The van der Waals surface area contributed by atoms with E-state index in [1.54, 1.807) is 0 Å². The zero-order valence-electron chi connectivity index (χ0n) is 10.6. The molecule has 0 aliphatic carbocycles. The van der Waals surface area contributed by atoms with Gasteiger partial charge in [-0.1, -0.05) is 6.58 Å². The van der Waals surface area contributed by atoms with Crippen LogP contribution in [0.25, 0.3) is 0 Å². The lowest BCUT2D eigenvalue weighted by Gasteiger charge is -2.49. The maximum absolute atomic E-state index is 13.6. The van der Waals surface area contributed by atoms with E-state index in [-0.39, 0.29) is 0 Å². The smallest absolute Gasteiger partial charge is 0.243 e. The average Bonchev–Trinajstić information content (AvgIpc) is 2.32. The fourth-order valence-electron chi connectivity index (χ4n) is 1.56. The first kappa shape index (κ1) is 20.8. The monoisotopic (exact) mass is 389 g/mol. The molecule has 1 aliphatic heterocycles. The molecule has 0 aromatic carbocycles. The Kier molecular flexibility index (Phi) is 4.44. The van der Waals surface area contributed by atoms with Crippen molar-refractivity contribution in [1.82, 2.24) is 4.90 Å². The molecule has 0 saturated carbocycles. The number of morpholine rings is 1. The van der Waals surface area contributed by atoms with Gasteiger partial charge in [-0.2, -0.15) is 48.3 Å². The van der Waals surface area contributed by atoms with Crippen LogP contribution in [0.3, 0.4) is 0 Å². The van der Waals surface area contributed by atoms with Crippen molar-refractivity contribution in [3.63, 3.8) is 0 Å². The minimum Gasteiger partial charge on any atom is -0.243 e. The zero-order valence-corrected chi connectivity index (χ0v) is 10.6. The quantitative estimate of drug-likeness (QED) is 0.402. The zero-order chi connectivity index (χ0) is 19.6. The third-order valence-corrected chi connectivity index (χ3v) is 2.87. The summed E-state index contributed by atoms with van der Waals surface area (Å²) in [5, 5.41) is 0. The summed E-state index contributed by atoms with van der Waals surface area (Å²) in [5.74, 6) is 0. The van der Waals surface area contributed by atoms with Crippen LogP contribution in [0.1, 0.15) is 0 Å². The van der Waals surface area contributed by atoms with E-state index >= 15 is 0 Å². The van der Waals surface area contributed by atoms with Crippen LogP contribution >= 0.6 is 0 Å². The highest BCUT2D eigenvalue weighted by Crippen LogP contribution is 2.58. The van der Waals surface area contributed by atoms with Gasteiger partial charge in [-0.05, 0) is 6.08 Å². The molecule has 0 radical (unpaired) electrons. The summed E-state index contributed by atoms with van der Waals surface area (Å²) >= 11 is 0. The Bertz CT molecular complexity index is 488. The first-order chi connectivity index (χ1) is 10.3. The van der Waals surface area contributed by atoms with Crippen molar-refractivity contribution in [1.29, 1.82) is 0 Å². The molecule has 2 nitrogen and oxygen atoms in total. The Labute approximate surface area is 123 Å². The molecular weight excluding hydrogens is 385 g/mol. The van der Waals surface area contributed by atoms with Gasteiger partial charge in [0.1, 0.15) is 0 Å². The van der Waals surface area contributed by atoms with Crippen LogP contribution < -0.4 is 0 Å². The Hall–Kier alpha value is -1.25. The van der Waals surface area contributed by atoms with Gasteiger partial charge in [-0.15, -0.1) is 4.90 Å². The van der Waals surface area contributed by atoms with Gasteiger partial charge >= 0.3 is 30.5 Å². The number of alkyl halides is 13. The van der Waals surface area contributed by atoms with E-state index in [4.69, 9.17) is 0 Å². The number of hydrogen-bond donors (Lipinski definition) is 0. The first-order valence-corrected chi connectivity index (χ1v) is 5.34. The predicted octanol–water partition coefficient (Wildman–Crippen LogP) is 4.44. The van der Waals surface area contributed by atoms with Crippen LogP contribution in [0.4, 0.5) is 57.1 Å². The average molecular weight is 389 g/mol. The molecule has 0 spiro atoms. The molecule has 0 N–H and O–H groups in total. The van der Waals surface area contributed by atoms with E-state index in [1.165, 1.54) is 0 Å². The van der Waals surface area contributed by atoms with Crippen LogP contribution in [-0.2, 0) is 4.74 Å². The summed E-state index contributed by atoms with van der Waals surface area (Å²) in [4.78, 5) is -3.22. The lowest BCUT2D eigenvalue weighted by Crippen LogP contribution is -2.78. The van der Waals surface area contributed by atoms with Crippen molar-refractivity contribution >= 4 is 0 Å². The molecule has 1 heterocycles. The Balaban J connectivity index is 3.64. The van der Waals surface area contributed by atoms with Crippen molar-refractivity contribution in [2.45, 2.75) is 42.5 Å². The molecule has 1 rings (SSSR count). The van der Waals surface area contributed by atoms with Gasteiger partial charge in [0.2, 0.25) is 6.30 Å². The Morgan fingerprint density at radius 1 is 0.833 bits per heavy atom. The molecule has 142 valence electrons. The first-order valence-electron chi connectivity index (χ1n) is 5.34. The molecule has 0 aromatic rings. The van der Waals surface area contributed by atoms with Crippen LogP contribution in [0.5, 0.6) is 0 Å². The molecule has 15 heteroatoms. The second kappa shape index (κ2) is 5.12. The van der Waals surface area contributed by atoms with Crippen LogP contribution in [-0.4, -0.2) is 47.4 Å². The predicted molar refractivity (Wildman–Crippen MR) is 47.7 cm³/mol. The number of rotatable bonds is 3. The van der Waals surface area contributed by atoms with E-state index in [0.717, 1.165) is 0 Å². The molecule has 24 heavy (non-hydrogen) atoms. The SMILES string of the molecule is C=CC(F)(C(F)N1C(F)(F)C(F)(F)OC(F)(F)C1(F)F)C(F)(F)F. The van der Waals surface area contributed by atoms with Crippen molar-refractivity contribution in [3.8, 4) is 0 Å². The topological polar surface area (TPSA) is 12.5 Å². The van der Waals surface area contributed by atoms with Gasteiger partial charge in [0.15, 0.2) is 0 Å². The highest BCUT2D eigenvalue weighted by atomic mass is 19.4. The maximum Gasteiger partial charge on any atom is 0.439 e. The summed E-state index contributed by atoms with van der Waals surface area (Å²) in [6.45, 7) is 2.03. The summed E-state index contributed by atoms with van der Waals surface area (Å²) < 4.78 is 170. The van der Waals surface area contributed by atoms with Gasteiger partial charge in [0, 0.05) is 0 Å². The van der Waals surface area contributed by atoms with Gasteiger partial charge in [0.05, 0.1) is 0 Å². The largest absolute Gasteiger partial charge is 0.439 e. The van der Waals surface area contributed by atoms with Crippen LogP contribution in [0.2, 0.25) is 0 Å². The minimum atomic E-state index is -6.79. The molecule has 2 atom stereocenters. The summed E-state index contributed by atoms with van der Waals surface area (Å²) in [5.41, 5.74) is -5.82. The van der Waals surface area contributed by atoms with Crippen molar-refractivity contribution in [2.24, 2.45) is 0 Å². The molecular formula is C9H4F13NO. The molecule has 1 aliphatic rings. The molecule has 1 saturated heterocycles. The van der Waals surface area contributed by atoms with E-state index < -0.39 is 53.4 Å². The van der Waals surface area contributed by atoms with Crippen LogP contribution in [0.15, 0.2) is 12.7 Å².